The molecule has 1 aromatic rings. The Morgan fingerprint density at radius 2 is 1.96 bits per heavy atom. The van der Waals surface area contributed by atoms with Gasteiger partial charge in [-0.3, -0.25) is 14.6 Å². The van der Waals surface area contributed by atoms with E-state index >= 15 is 0 Å². The molecule has 26 heavy (non-hydrogen) atoms. The molecule has 2 bridgehead atoms. The van der Waals surface area contributed by atoms with Crippen molar-refractivity contribution in [3.05, 3.63) is 35.9 Å². The van der Waals surface area contributed by atoms with Gasteiger partial charge in [0.05, 0.1) is 6.54 Å². The summed E-state index contributed by atoms with van der Waals surface area (Å²) in [5.41, 5.74) is 1.46. The zero-order chi connectivity index (χ0) is 17.9. The molecule has 1 N–H and O–H groups in total. The lowest BCUT2D eigenvalue weighted by Crippen LogP contribution is -2.64. The van der Waals surface area contributed by atoms with Crippen LogP contribution in [0.5, 0.6) is 0 Å². The highest BCUT2D eigenvalue weighted by atomic mass is 16.2. The summed E-state index contributed by atoms with van der Waals surface area (Å²) in [5.74, 6) is 1.63. The minimum absolute atomic E-state index is 0.188. The second kappa shape index (κ2) is 8.10. The van der Waals surface area contributed by atoms with E-state index in [1.54, 1.807) is 0 Å². The number of hydrogen-bond acceptors (Lipinski definition) is 3. The fourth-order valence-corrected chi connectivity index (χ4v) is 5.73. The van der Waals surface area contributed by atoms with E-state index < -0.39 is 0 Å². The van der Waals surface area contributed by atoms with Gasteiger partial charge in [-0.25, -0.2) is 0 Å². The quantitative estimate of drug-likeness (QED) is 0.882. The third kappa shape index (κ3) is 3.81. The van der Waals surface area contributed by atoms with E-state index in [4.69, 9.17) is 0 Å². The Labute approximate surface area is 157 Å². The monoisotopic (exact) mass is 355 g/mol. The molecule has 1 aromatic carbocycles. The van der Waals surface area contributed by atoms with Crippen molar-refractivity contribution >= 4 is 5.91 Å². The van der Waals surface area contributed by atoms with Crippen molar-refractivity contribution in [1.82, 2.24) is 15.1 Å². The SMILES string of the molecule is CCNC(=O)CN1C[C@H]2C[C@@H](C1)[C@H](Cc1ccccc1)N1CCCC[C@@H]21. The van der Waals surface area contributed by atoms with Crippen molar-refractivity contribution in [3.8, 4) is 0 Å². The fourth-order valence-electron chi connectivity index (χ4n) is 5.73. The standard InChI is InChI=1S/C22H33N3O/c1-2-23-22(26)16-24-14-18-13-19(15-24)21(12-17-8-4-3-5-9-17)25-11-7-6-10-20(18)25/h3-5,8-9,18-21H,2,6-7,10-16H2,1H3,(H,23,26)/t18-,19+,20+,21+/m1/s1. The molecule has 0 radical (unpaired) electrons. The van der Waals surface area contributed by atoms with Crippen molar-refractivity contribution in [1.29, 1.82) is 0 Å². The predicted molar refractivity (Wildman–Crippen MR) is 105 cm³/mol. The Kier molecular flexibility index (Phi) is 5.60. The maximum Gasteiger partial charge on any atom is 0.234 e. The van der Waals surface area contributed by atoms with Crippen molar-refractivity contribution in [3.63, 3.8) is 0 Å². The number of amides is 1. The van der Waals surface area contributed by atoms with Crippen LogP contribution in [-0.4, -0.2) is 60.5 Å². The molecule has 3 aliphatic rings. The highest BCUT2D eigenvalue weighted by Gasteiger charge is 2.47. The lowest BCUT2D eigenvalue weighted by molar-refractivity contribution is -0.125. The van der Waals surface area contributed by atoms with Gasteiger partial charge in [-0.05, 0) is 56.6 Å². The summed E-state index contributed by atoms with van der Waals surface area (Å²) >= 11 is 0. The molecule has 4 atom stereocenters. The van der Waals surface area contributed by atoms with E-state index in [2.05, 4.69) is 45.4 Å². The number of fused-ring (bicyclic) bond motifs is 4. The van der Waals surface area contributed by atoms with Gasteiger partial charge in [-0.1, -0.05) is 36.8 Å². The predicted octanol–water partition coefficient (Wildman–Crippen LogP) is 2.54. The molecule has 3 fully saturated rings. The largest absolute Gasteiger partial charge is 0.355 e. The average molecular weight is 356 g/mol. The number of hydrogen-bond donors (Lipinski definition) is 1. The summed E-state index contributed by atoms with van der Waals surface area (Å²) in [6.45, 7) is 6.75. The minimum Gasteiger partial charge on any atom is -0.355 e. The molecule has 0 aromatic heterocycles. The third-order valence-electron chi connectivity index (χ3n) is 6.73. The number of benzene rings is 1. The smallest absolute Gasteiger partial charge is 0.234 e. The number of piperidine rings is 3. The molecule has 4 rings (SSSR count). The first-order chi connectivity index (χ1) is 12.7. The van der Waals surface area contributed by atoms with Crippen LogP contribution in [0, 0.1) is 11.8 Å². The molecule has 1 amide bonds. The fraction of sp³-hybridized carbons (Fsp3) is 0.682. The number of carbonyl (C=O) groups excluding carboxylic acids is 1. The van der Waals surface area contributed by atoms with Crippen LogP contribution in [-0.2, 0) is 11.2 Å². The molecule has 3 saturated heterocycles. The van der Waals surface area contributed by atoms with Gasteiger partial charge in [0.15, 0.2) is 0 Å². The van der Waals surface area contributed by atoms with E-state index in [0.29, 0.717) is 18.5 Å². The summed E-state index contributed by atoms with van der Waals surface area (Å²) in [7, 11) is 0. The number of likely N-dealkylation sites (tertiary alicyclic amines) is 1. The molecule has 4 nitrogen and oxygen atoms in total. The first kappa shape index (κ1) is 18.0. The van der Waals surface area contributed by atoms with Gasteiger partial charge < -0.3 is 5.32 Å². The Morgan fingerprint density at radius 3 is 2.77 bits per heavy atom. The van der Waals surface area contributed by atoms with Gasteiger partial charge in [-0.15, -0.1) is 0 Å². The molecule has 0 aliphatic carbocycles. The summed E-state index contributed by atoms with van der Waals surface area (Å²) in [6.07, 6.45) is 6.58. The number of carbonyl (C=O) groups is 1. The van der Waals surface area contributed by atoms with E-state index in [1.165, 1.54) is 37.8 Å². The van der Waals surface area contributed by atoms with E-state index in [9.17, 15) is 4.79 Å². The molecule has 0 unspecified atom stereocenters. The molecule has 4 heteroatoms. The van der Waals surface area contributed by atoms with Gasteiger partial charge >= 0.3 is 0 Å². The van der Waals surface area contributed by atoms with Crippen LogP contribution in [0.25, 0.3) is 0 Å². The van der Waals surface area contributed by atoms with Crippen LogP contribution in [0.1, 0.15) is 38.2 Å². The lowest BCUT2D eigenvalue weighted by Gasteiger charge is -2.57. The Hall–Kier alpha value is -1.39. The van der Waals surface area contributed by atoms with Crippen LogP contribution in [0.4, 0.5) is 0 Å². The summed E-state index contributed by atoms with van der Waals surface area (Å²) in [4.78, 5) is 17.4. The van der Waals surface area contributed by atoms with Gasteiger partial charge in [0, 0.05) is 31.7 Å². The molecular weight excluding hydrogens is 322 g/mol. The van der Waals surface area contributed by atoms with E-state index in [-0.39, 0.29) is 5.91 Å². The summed E-state index contributed by atoms with van der Waals surface area (Å²) < 4.78 is 0. The summed E-state index contributed by atoms with van der Waals surface area (Å²) in [5, 5.41) is 2.97. The van der Waals surface area contributed by atoms with Crippen LogP contribution >= 0.6 is 0 Å². The van der Waals surface area contributed by atoms with Crippen LogP contribution < -0.4 is 5.32 Å². The maximum atomic E-state index is 12.1. The normalized spacial score (nSPS) is 32.0. The van der Waals surface area contributed by atoms with Crippen molar-refractivity contribution in [2.75, 3.05) is 32.7 Å². The molecule has 142 valence electrons. The van der Waals surface area contributed by atoms with Crippen molar-refractivity contribution in [2.24, 2.45) is 11.8 Å². The van der Waals surface area contributed by atoms with E-state index in [0.717, 1.165) is 38.0 Å². The van der Waals surface area contributed by atoms with Crippen molar-refractivity contribution in [2.45, 2.75) is 51.1 Å². The van der Waals surface area contributed by atoms with Gasteiger partial charge in [0.2, 0.25) is 5.91 Å². The lowest BCUT2D eigenvalue weighted by atomic mass is 9.71. The van der Waals surface area contributed by atoms with Gasteiger partial charge in [0.1, 0.15) is 0 Å². The topological polar surface area (TPSA) is 35.6 Å². The first-order valence-corrected chi connectivity index (χ1v) is 10.5. The summed E-state index contributed by atoms with van der Waals surface area (Å²) in [6, 6.07) is 12.4. The number of likely N-dealkylation sites (N-methyl/N-ethyl adjacent to an activating group) is 1. The zero-order valence-electron chi connectivity index (χ0n) is 16.1. The molecular formula is C22H33N3O. The second-order valence-corrected chi connectivity index (χ2v) is 8.46. The Bertz CT molecular complexity index is 605. The third-order valence-corrected chi connectivity index (χ3v) is 6.73. The molecule has 0 spiro atoms. The zero-order valence-corrected chi connectivity index (χ0v) is 16.1. The molecule has 3 aliphatic heterocycles. The van der Waals surface area contributed by atoms with Gasteiger partial charge in [0.25, 0.3) is 0 Å². The second-order valence-electron chi connectivity index (χ2n) is 8.46. The van der Waals surface area contributed by atoms with Gasteiger partial charge in [-0.2, -0.15) is 0 Å². The molecule has 0 saturated carbocycles. The molecule has 3 heterocycles. The van der Waals surface area contributed by atoms with E-state index in [1.807, 2.05) is 6.92 Å². The van der Waals surface area contributed by atoms with Crippen LogP contribution in [0.2, 0.25) is 0 Å². The maximum absolute atomic E-state index is 12.1. The highest BCUT2D eigenvalue weighted by molar-refractivity contribution is 5.77. The number of rotatable bonds is 5. The highest BCUT2D eigenvalue weighted by Crippen LogP contribution is 2.42. The Balaban J connectivity index is 1.51. The van der Waals surface area contributed by atoms with Crippen LogP contribution in [0.15, 0.2) is 30.3 Å². The number of nitrogens with zero attached hydrogens (tertiary/aromatic N) is 2. The average Bonchev–Trinajstić information content (AvgIpc) is 2.66. The minimum atomic E-state index is 0.188. The number of nitrogens with one attached hydrogen (secondary N) is 1. The van der Waals surface area contributed by atoms with Crippen molar-refractivity contribution < 1.29 is 4.79 Å². The van der Waals surface area contributed by atoms with Crippen LogP contribution in [0.3, 0.4) is 0 Å². The first-order valence-electron chi connectivity index (χ1n) is 10.5. The Morgan fingerprint density at radius 1 is 1.15 bits per heavy atom.